The first-order valence-corrected chi connectivity index (χ1v) is 5.68. The van der Waals surface area contributed by atoms with E-state index in [0.717, 1.165) is 0 Å². The Kier molecular flexibility index (Phi) is 6.94. The number of aldehydes is 1. The first kappa shape index (κ1) is 14.1. The standard InChI is InChI=1S/C8H14N2O4Se/c9-5(2-1-3-11)7(12)10-6(4-15)8(13)14/h3,5-6,15H,1-2,4,9H2,(H,10,12)(H,13,14)/t5-,6-/m0/s1. The molecule has 0 heterocycles. The molecule has 0 aliphatic rings. The Morgan fingerprint density at radius 1 is 1.53 bits per heavy atom. The number of aliphatic carboxylic acids is 1. The molecule has 0 bridgehead atoms. The van der Waals surface area contributed by atoms with Crippen LogP contribution in [-0.2, 0) is 14.4 Å². The number of amides is 1. The Labute approximate surface area is 95.4 Å². The number of hydrogen-bond donors (Lipinski definition) is 3. The number of carboxylic acids is 1. The number of rotatable bonds is 7. The van der Waals surface area contributed by atoms with Gasteiger partial charge in [-0.2, -0.15) is 0 Å². The molecule has 0 rings (SSSR count). The zero-order valence-electron chi connectivity index (χ0n) is 8.05. The van der Waals surface area contributed by atoms with E-state index in [4.69, 9.17) is 10.8 Å². The molecular weight excluding hydrogens is 267 g/mol. The normalized spacial score (nSPS) is 14.0. The minimum atomic E-state index is -1.11. The van der Waals surface area contributed by atoms with Gasteiger partial charge in [-0.1, -0.05) is 0 Å². The van der Waals surface area contributed by atoms with Gasteiger partial charge < -0.3 is 0 Å². The van der Waals surface area contributed by atoms with Gasteiger partial charge in [-0.05, 0) is 0 Å². The summed E-state index contributed by atoms with van der Waals surface area (Å²) >= 11 is 2.08. The average Bonchev–Trinajstić information content (AvgIpc) is 2.21. The van der Waals surface area contributed by atoms with Crippen LogP contribution >= 0.6 is 0 Å². The van der Waals surface area contributed by atoms with Gasteiger partial charge in [0.1, 0.15) is 0 Å². The molecule has 0 saturated heterocycles. The van der Waals surface area contributed by atoms with Gasteiger partial charge in [-0.15, -0.1) is 0 Å². The molecule has 2 atom stereocenters. The first-order chi connectivity index (χ1) is 7.02. The van der Waals surface area contributed by atoms with E-state index in [1.165, 1.54) is 0 Å². The zero-order chi connectivity index (χ0) is 11.8. The Morgan fingerprint density at radius 2 is 2.13 bits per heavy atom. The maximum absolute atomic E-state index is 11.3. The summed E-state index contributed by atoms with van der Waals surface area (Å²) in [7, 11) is 0. The van der Waals surface area contributed by atoms with Crippen LogP contribution < -0.4 is 11.1 Å². The van der Waals surface area contributed by atoms with E-state index >= 15 is 0 Å². The number of hydrogen-bond acceptors (Lipinski definition) is 4. The van der Waals surface area contributed by atoms with E-state index < -0.39 is 24.0 Å². The van der Waals surface area contributed by atoms with Crippen molar-refractivity contribution < 1.29 is 19.5 Å². The summed E-state index contributed by atoms with van der Waals surface area (Å²) in [4.78, 5) is 31.9. The molecule has 6 nitrogen and oxygen atoms in total. The van der Waals surface area contributed by atoms with Crippen molar-refractivity contribution in [3.05, 3.63) is 0 Å². The van der Waals surface area contributed by atoms with Gasteiger partial charge in [0.15, 0.2) is 0 Å². The fourth-order valence-corrected chi connectivity index (χ4v) is 1.36. The van der Waals surface area contributed by atoms with Crippen LogP contribution in [0, 0.1) is 0 Å². The van der Waals surface area contributed by atoms with Gasteiger partial charge in [-0.3, -0.25) is 0 Å². The van der Waals surface area contributed by atoms with Crippen molar-refractivity contribution >= 4 is 34.2 Å². The number of carboxylic acid groups (broad SMARTS) is 1. The van der Waals surface area contributed by atoms with Gasteiger partial charge in [0.05, 0.1) is 0 Å². The average molecular weight is 281 g/mol. The zero-order valence-corrected chi connectivity index (χ0v) is 9.93. The Bertz CT molecular complexity index is 247. The van der Waals surface area contributed by atoms with Crippen molar-refractivity contribution in [2.24, 2.45) is 5.73 Å². The number of carbonyl (C=O) groups is 3. The fraction of sp³-hybridized carbons (Fsp3) is 0.625. The Morgan fingerprint density at radius 3 is 2.53 bits per heavy atom. The van der Waals surface area contributed by atoms with Gasteiger partial charge in [0.25, 0.3) is 0 Å². The molecule has 0 radical (unpaired) electrons. The van der Waals surface area contributed by atoms with Crippen LogP contribution in [0.4, 0.5) is 0 Å². The summed E-state index contributed by atoms with van der Waals surface area (Å²) in [6.45, 7) is 0. The molecular formula is C8H14N2O4Se. The van der Waals surface area contributed by atoms with Crippen LogP contribution in [0.5, 0.6) is 0 Å². The van der Waals surface area contributed by atoms with Crippen molar-refractivity contribution in [3.63, 3.8) is 0 Å². The SMILES string of the molecule is N[C@@H](CCC=O)C(=O)N[C@@H](C[SeH])C(=O)O. The quantitative estimate of drug-likeness (QED) is 0.376. The van der Waals surface area contributed by atoms with E-state index in [1.54, 1.807) is 0 Å². The van der Waals surface area contributed by atoms with Crippen molar-refractivity contribution in [3.8, 4) is 0 Å². The summed E-state index contributed by atoms with van der Waals surface area (Å²) in [6, 6.07) is -1.78. The predicted octanol–water partition coefficient (Wildman–Crippen LogP) is -1.82. The molecule has 7 heteroatoms. The third kappa shape index (κ3) is 5.51. The van der Waals surface area contributed by atoms with Crippen molar-refractivity contribution in [2.75, 3.05) is 0 Å². The topological polar surface area (TPSA) is 109 Å². The molecule has 0 spiro atoms. The molecule has 1 amide bonds. The summed E-state index contributed by atoms with van der Waals surface area (Å²) in [6.07, 6.45) is 1.08. The van der Waals surface area contributed by atoms with Crippen LogP contribution in [0.15, 0.2) is 0 Å². The fourth-order valence-electron chi connectivity index (χ4n) is 0.843. The van der Waals surface area contributed by atoms with E-state index in [9.17, 15) is 14.4 Å². The summed E-state index contributed by atoms with van der Waals surface area (Å²) in [5.74, 6) is -1.65. The van der Waals surface area contributed by atoms with Crippen molar-refractivity contribution in [1.29, 1.82) is 0 Å². The van der Waals surface area contributed by atoms with Gasteiger partial charge >= 0.3 is 95.0 Å². The van der Waals surface area contributed by atoms with E-state index in [0.29, 0.717) is 6.29 Å². The monoisotopic (exact) mass is 282 g/mol. The molecule has 86 valence electrons. The van der Waals surface area contributed by atoms with Crippen LogP contribution in [0.2, 0.25) is 5.32 Å². The molecule has 0 aromatic rings. The second-order valence-electron chi connectivity index (χ2n) is 2.93. The van der Waals surface area contributed by atoms with E-state index in [1.807, 2.05) is 0 Å². The predicted molar refractivity (Wildman–Crippen MR) is 54.8 cm³/mol. The van der Waals surface area contributed by atoms with Crippen molar-refractivity contribution in [2.45, 2.75) is 30.2 Å². The summed E-state index contributed by atoms with van der Waals surface area (Å²) in [5, 5.41) is 11.2. The van der Waals surface area contributed by atoms with Crippen LogP contribution in [-0.4, -0.2) is 51.4 Å². The number of carbonyl (C=O) groups excluding carboxylic acids is 2. The molecule has 0 aromatic heterocycles. The summed E-state index contributed by atoms with van der Waals surface area (Å²) in [5.41, 5.74) is 5.44. The molecule has 0 aromatic carbocycles. The third-order valence-corrected chi connectivity index (χ3v) is 2.50. The van der Waals surface area contributed by atoms with E-state index in [2.05, 4.69) is 21.3 Å². The molecule has 0 aliphatic heterocycles. The van der Waals surface area contributed by atoms with Crippen LogP contribution in [0.3, 0.4) is 0 Å². The van der Waals surface area contributed by atoms with Crippen LogP contribution in [0.25, 0.3) is 0 Å². The summed E-state index contributed by atoms with van der Waals surface area (Å²) < 4.78 is 0. The van der Waals surface area contributed by atoms with Crippen LogP contribution in [0.1, 0.15) is 12.8 Å². The van der Waals surface area contributed by atoms with Gasteiger partial charge in [0, 0.05) is 0 Å². The maximum atomic E-state index is 11.3. The Hall–Kier alpha value is -0.911. The third-order valence-electron chi connectivity index (χ3n) is 1.73. The second-order valence-corrected chi connectivity index (χ2v) is 3.70. The molecule has 0 fully saturated rings. The van der Waals surface area contributed by atoms with Gasteiger partial charge in [0.2, 0.25) is 0 Å². The van der Waals surface area contributed by atoms with Gasteiger partial charge in [-0.25, -0.2) is 0 Å². The first-order valence-electron chi connectivity index (χ1n) is 4.36. The Balaban J connectivity index is 4.09. The number of nitrogens with one attached hydrogen (secondary N) is 1. The minimum absolute atomic E-state index is 0.189. The molecule has 0 aliphatic carbocycles. The second kappa shape index (κ2) is 7.39. The number of nitrogens with two attached hydrogens (primary N) is 1. The van der Waals surface area contributed by atoms with Crippen molar-refractivity contribution in [1.82, 2.24) is 5.32 Å². The van der Waals surface area contributed by atoms with E-state index in [-0.39, 0.29) is 18.2 Å². The molecule has 15 heavy (non-hydrogen) atoms. The molecule has 4 N–H and O–H groups in total. The molecule has 0 saturated carbocycles. The molecule has 0 unspecified atom stereocenters.